The SMILES string of the molecule is COC(=O)c1c(NC(=O)COc2ccc([N+](=O)[O-])cc2)sc(C)c1-c1ccc(F)cc1. The van der Waals surface area contributed by atoms with Gasteiger partial charge < -0.3 is 14.8 Å². The zero-order valence-electron chi connectivity index (χ0n) is 16.5. The fourth-order valence-corrected chi connectivity index (χ4v) is 3.95. The fourth-order valence-electron chi connectivity index (χ4n) is 2.87. The first-order chi connectivity index (χ1) is 14.8. The van der Waals surface area contributed by atoms with Crippen LogP contribution in [0.3, 0.4) is 0 Å². The molecule has 0 atom stereocenters. The molecule has 1 amide bonds. The number of carbonyl (C=O) groups excluding carboxylic acids is 2. The van der Waals surface area contributed by atoms with Crippen LogP contribution in [0.5, 0.6) is 5.75 Å². The summed E-state index contributed by atoms with van der Waals surface area (Å²) in [7, 11) is 1.23. The van der Waals surface area contributed by atoms with Crippen LogP contribution in [-0.4, -0.2) is 30.5 Å². The first-order valence-electron chi connectivity index (χ1n) is 8.95. The molecule has 1 aromatic heterocycles. The number of esters is 1. The van der Waals surface area contributed by atoms with Crippen LogP contribution in [0.25, 0.3) is 11.1 Å². The molecule has 160 valence electrons. The van der Waals surface area contributed by atoms with E-state index in [0.717, 1.165) is 4.88 Å². The number of hydrogen-bond acceptors (Lipinski definition) is 7. The highest BCUT2D eigenvalue weighted by Crippen LogP contribution is 2.40. The van der Waals surface area contributed by atoms with E-state index in [1.165, 1.54) is 54.8 Å². The quantitative estimate of drug-likeness (QED) is 0.325. The fraction of sp³-hybridized carbons (Fsp3) is 0.143. The van der Waals surface area contributed by atoms with Crippen molar-refractivity contribution >= 4 is 33.9 Å². The molecule has 0 bridgehead atoms. The van der Waals surface area contributed by atoms with Gasteiger partial charge in [0.2, 0.25) is 0 Å². The van der Waals surface area contributed by atoms with Gasteiger partial charge in [-0.05, 0) is 36.8 Å². The zero-order chi connectivity index (χ0) is 22.5. The van der Waals surface area contributed by atoms with Gasteiger partial charge in [0.15, 0.2) is 6.61 Å². The molecule has 0 radical (unpaired) electrons. The number of nitro groups is 1. The largest absolute Gasteiger partial charge is 0.484 e. The number of non-ortho nitro benzene ring substituents is 1. The number of benzene rings is 2. The predicted octanol–water partition coefficient (Wildman–Crippen LogP) is 4.57. The van der Waals surface area contributed by atoms with E-state index in [1.54, 1.807) is 19.1 Å². The average Bonchev–Trinajstić information content (AvgIpc) is 3.08. The second-order valence-electron chi connectivity index (χ2n) is 6.32. The molecule has 0 saturated heterocycles. The summed E-state index contributed by atoms with van der Waals surface area (Å²) in [5.74, 6) is -1.30. The van der Waals surface area contributed by atoms with Gasteiger partial charge in [0.25, 0.3) is 11.6 Å². The molecule has 31 heavy (non-hydrogen) atoms. The standard InChI is InChI=1S/C21H17FN2O6S/c1-12-18(13-3-5-14(22)6-4-13)19(21(26)29-2)20(31-12)23-17(25)11-30-16-9-7-15(8-10-16)24(27)28/h3-10H,11H2,1-2H3,(H,23,25). The Hall–Kier alpha value is -3.79. The Morgan fingerprint density at radius 1 is 1.13 bits per heavy atom. The third kappa shape index (κ3) is 5.04. The minimum Gasteiger partial charge on any atom is -0.484 e. The van der Waals surface area contributed by atoms with Crippen LogP contribution in [0.2, 0.25) is 0 Å². The first kappa shape index (κ1) is 21.9. The molecule has 0 saturated carbocycles. The summed E-state index contributed by atoms with van der Waals surface area (Å²) in [5, 5.41) is 13.6. The molecular weight excluding hydrogens is 427 g/mol. The number of anilines is 1. The average molecular weight is 444 g/mol. The molecule has 0 spiro atoms. The lowest BCUT2D eigenvalue weighted by molar-refractivity contribution is -0.384. The van der Waals surface area contributed by atoms with E-state index in [0.29, 0.717) is 11.1 Å². The van der Waals surface area contributed by atoms with E-state index in [1.807, 2.05) is 0 Å². The van der Waals surface area contributed by atoms with Crippen molar-refractivity contribution < 1.29 is 28.4 Å². The highest BCUT2D eigenvalue weighted by molar-refractivity contribution is 7.17. The maximum atomic E-state index is 13.3. The van der Waals surface area contributed by atoms with E-state index >= 15 is 0 Å². The van der Waals surface area contributed by atoms with Crippen molar-refractivity contribution in [3.8, 4) is 16.9 Å². The Morgan fingerprint density at radius 2 is 1.77 bits per heavy atom. The molecule has 2 aromatic carbocycles. The molecule has 10 heteroatoms. The number of hydrogen-bond donors (Lipinski definition) is 1. The topological polar surface area (TPSA) is 108 Å². The van der Waals surface area contributed by atoms with Crippen molar-refractivity contribution in [1.82, 2.24) is 0 Å². The highest BCUT2D eigenvalue weighted by Gasteiger charge is 2.25. The minimum atomic E-state index is -0.643. The molecule has 0 fully saturated rings. The van der Waals surface area contributed by atoms with Crippen LogP contribution in [0.15, 0.2) is 48.5 Å². The number of nitrogens with one attached hydrogen (secondary N) is 1. The van der Waals surface area contributed by atoms with Crippen LogP contribution in [-0.2, 0) is 9.53 Å². The molecule has 1 heterocycles. The molecule has 0 aliphatic heterocycles. The Bertz CT molecular complexity index is 1130. The third-order valence-corrected chi connectivity index (χ3v) is 5.30. The first-order valence-corrected chi connectivity index (χ1v) is 9.76. The lowest BCUT2D eigenvalue weighted by atomic mass is 10.0. The van der Waals surface area contributed by atoms with Crippen molar-refractivity contribution in [2.75, 3.05) is 19.0 Å². The summed E-state index contributed by atoms with van der Waals surface area (Å²) in [4.78, 5) is 35.7. The Morgan fingerprint density at radius 3 is 2.35 bits per heavy atom. The van der Waals surface area contributed by atoms with Crippen molar-refractivity contribution in [3.05, 3.63) is 74.9 Å². The van der Waals surface area contributed by atoms with Gasteiger partial charge >= 0.3 is 5.97 Å². The van der Waals surface area contributed by atoms with Gasteiger partial charge in [0, 0.05) is 22.6 Å². The van der Waals surface area contributed by atoms with Crippen LogP contribution in [0.4, 0.5) is 15.1 Å². The maximum absolute atomic E-state index is 13.3. The molecule has 3 rings (SSSR count). The number of ether oxygens (including phenoxy) is 2. The monoisotopic (exact) mass is 444 g/mol. The molecule has 0 aliphatic carbocycles. The van der Waals surface area contributed by atoms with E-state index in [9.17, 15) is 24.1 Å². The Labute approximate surface area is 180 Å². The second kappa shape index (κ2) is 9.35. The van der Waals surface area contributed by atoms with Crippen molar-refractivity contribution in [1.29, 1.82) is 0 Å². The normalized spacial score (nSPS) is 10.4. The number of amides is 1. The highest BCUT2D eigenvalue weighted by atomic mass is 32.1. The van der Waals surface area contributed by atoms with Crippen LogP contribution in [0.1, 0.15) is 15.2 Å². The Balaban J connectivity index is 1.79. The number of nitro benzene ring substituents is 1. The van der Waals surface area contributed by atoms with E-state index in [2.05, 4.69) is 5.32 Å². The van der Waals surface area contributed by atoms with E-state index < -0.39 is 22.6 Å². The van der Waals surface area contributed by atoms with Crippen molar-refractivity contribution in [2.24, 2.45) is 0 Å². The second-order valence-corrected chi connectivity index (χ2v) is 7.55. The molecule has 0 aliphatic rings. The lowest BCUT2D eigenvalue weighted by Gasteiger charge is -2.09. The van der Waals surface area contributed by atoms with E-state index in [-0.39, 0.29) is 28.6 Å². The van der Waals surface area contributed by atoms with Gasteiger partial charge in [-0.25, -0.2) is 9.18 Å². The minimum absolute atomic E-state index is 0.0955. The van der Waals surface area contributed by atoms with Gasteiger partial charge in [-0.15, -0.1) is 11.3 Å². The number of halogens is 1. The smallest absolute Gasteiger partial charge is 0.341 e. The third-order valence-electron chi connectivity index (χ3n) is 4.28. The number of methoxy groups -OCH3 is 1. The predicted molar refractivity (Wildman–Crippen MR) is 113 cm³/mol. The summed E-state index contributed by atoms with van der Waals surface area (Å²) in [6.07, 6.45) is 0. The number of rotatable bonds is 7. The number of thiophene rings is 1. The molecule has 8 nitrogen and oxygen atoms in total. The van der Waals surface area contributed by atoms with Crippen molar-refractivity contribution in [2.45, 2.75) is 6.92 Å². The van der Waals surface area contributed by atoms with Gasteiger partial charge in [0.05, 0.1) is 12.0 Å². The van der Waals surface area contributed by atoms with Gasteiger partial charge in [-0.2, -0.15) is 0 Å². The zero-order valence-corrected chi connectivity index (χ0v) is 17.3. The molecule has 0 unspecified atom stereocenters. The van der Waals surface area contributed by atoms with Gasteiger partial charge in [0.1, 0.15) is 22.1 Å². The summed E-state index contributed by atoms with van der Waals surface area (Å²) in [5.41, 5.74) is 1.23. The summed E-state index contributed by atoms with van der Waals surface area (Å²) < 4.78 is 23.5. The molecule has 3 aromatic rings. The number of nitrogens with zero attached hydrogens (tertiary/aromatic N) is 1. The van der Waals surface area contributed by atoms with Crippen LogP contribution in [0, 0.1) is 22.9 Å². The van der Waals surface area contributed by atoms with Crippen molar-refractivity contribution in [3.63, 3.8) is 0 Å². The van der Waals surface area contributed by atoms with Gasteiger partial charge in [-0.1, -0.05) is 12.1 Å². The Kier molecular flexibility index (Phi) is 6.61. The lowest BCUT2D eigenvalue weighted by Crippen LogP contribution is -2.21. The number of aryl methyl sites for hydroxylation is 1. The van der Waals surface area contributed by atoms with Crippen LogP contribution >= 0.6 is 11.3 Å². The maximum Gasteiger partial charge on any atom is 0.341 e. The molecular formula is C21H17FN2O6S. The summed E-state index contributed by atoms with van der Waals surface area (Å²) in [6.45, 7) is 1.40. The van der Waals surface area contributed by atoms with E-state index in [4.69, 9.17) is 9.47 Å². The summed E-state index contributed by atoms with van der Waals surface area (Å²) in [6, 6.07) is 10.9. The summed E-state index contributed by atoms with van der Waals surface area (Å²) >= 11 is 1.18. The van der Waals surface area contributed by atoms with Gasteiger partial charge in [-0.3, -0.25) is 14.9 Å². The molecule has 1 N–H and O–H groups in total. The van der Waals surface area contributed by atoms with Crippen LogP contribution < -0.4 is 10.1 Å². The number of carbonyl (C=O) groups is 2.